The largest absolute Gasteiger partial charge is 0.399 e. The van der Waals surface area contributed by atoms with Crippen molar-refractivity contribution in [1.29, 1.82) is 0 Å². The van der Waals surface area contributed by atoms with Gasteiger partial charge in [-0.1, -0.05) is 158 Å². The molecule has 0 fully saturated rings. The fraction of sp³-hybridized carbons (Fsp3) is 0.512. The van der Waals surface area contributed by atoms with E-state index in [0.717, 1.165) is 47.6 Å². The number of nitrogen functional groups attached to an aromatic ring is 1. The van der Waals surface area contributed by atoms with Crippen LogP contribution in [0.3, 0.4) is 0 Å². The Bertz CT molecular complexity index is 1140. The summed E-state index contributed by atoms with van der Waals surface area (Å²) in [6, 6.07) is 18.7. The molecule has 0 aromatic heterocycles. The molecule has 0 spiro atoms. The maximum atomic E-state index is 6.09. The minimum absolute atomic E-state index is 0.00433. The summed E-state index contributed by atoms with van der Waals surface area (Å²) in [6.45, 7) is 22.2. The van der Waals surface area contributed by atoms with Gasteiger partial charge in [0.05, 0.1) is 18.6 Å². The first-order chi connectivity index (χ1) is 21.8. The molecule has 2 aromatic rings. The van der Waals surface area contributed by atoms with Crippen molar-refractivity contribution in [2.75, 3.05) is 12.3 Å². The van der Waals surface area contributed by atoms with Gasteiger partial charge in [-0.3, -0.25) is 0 Å². The van der Waals surface area contributed by atoms with Crippen LogP contribution in [0.5, 0.6) is 0 Å². The van der Waals surface area contributed by atoms with E-state index < -0.39 is 0 Å². The molecule has 0 unspecified atom stereocenters. The number of hydrogen-bond donors (Lipinski definition) is 4. The van der Waals surface area contributed by atoms with Gasteiger partial charge in [-0.15, -0.1) is 0 Å². The van der Waals surface area contributed by atoms with E-state index in [1.165, 1.54) is 94.6 Å². The Labute approximate surface area is 276 Å². The number of anilines is 1. The molecule has 0 aliphatic rings. The van der Waals surface area contributed by atoms with E-state index in [2.05, 4.69) is 86.4 Å². The van der Waals surface area contributed by atoms with Crippen molar-refractivity contribution in [3.63, 3.8) is 0 Å². The molecule has 2 rings (SSSR count). The topological polar surface area (TPSA) is 62.1 Å². The third kappa shape index (κ3) is 17.6. The third-order valence-corrected chi connectivity index (χ3v) is 8.56. The molecule has 0 amide bonds. The average Bonchev–Trinajstić information content (AvgIpc) is 3.02. The first kappa shape index (κ1) is 37.8. The summed E-state index contributed by atoms with van der Waals surface area (Å²) < 4.78 is 0. The molecule has 4 nitrogen and oxygen atoms in total. The van der Waals surface area contributed by atoms with Gasteiger partial charge in [0.1, 0.15) is 0 Å². The number of benzene rings is 2. The minimum Gasteiger partial charge on any atom is -0.399 e. The summed E-state index contributed by atoms with van der Waals surface area (Å²) in [4.78, 5) is 0. The van der Waals surface area contributed by atoms with Crippen LogP contribution >= 0.6 is 0 Å². The maximum absolute atomic E-state index is 6.09. The van der Waals surface area contributed by atoms with Crippen molar-refractivity contribution in [2.45, 2.75) is 129 Å². The van der Waals surface area contributed by atoms with Crippen LogP contribution in [-0.2, 0) is 12.8 Å². The normalized spacial score (nSPS) is 12.2. The molecule has 0 saturated carbocycles. The number of unbranched alkanes of at least 4 members (excludes halogenated alkanes) is 12. The fourth-order valence-corrected chi connectivity index (χ4v) is 5.73. The van der Waals surface area contributed by atoms with Gasteiger partial charge >= 0.3 is 0 Å². The van der Waals surface area contributed by atoms with Gasteiger partial charge in [-0.05, 0) is 55.9 Å². The van der Waals surface area contributed by atoms with E-state index in [1.54, 1.807) is 0 Å². The fourth-order valence-electron chi connectivity index (χ4n) is 5.73. The molecular weight excluding hydrogens is 548 g/mol. The van der Waals surface area contributed by atoms with Crippen molar-refractivity contribution < 1.29 is 0 Å². The highest BCUT2D eigenvalue weighted by Crippen LogP contribution is 2.17. The van der Waals surface area contributed by atoms with Gasteiger partial charge in [0.15, 0.2) is 0 Å². The number of rotatable bonds is 27. The lowest BCUT2D eigenvalue weighted by atomic mass is 10.0. The Morgan fingerprint density at radius 2 is 1.18 bits per heavy atom. The van der Waals surface area contributed by atoms with Crippen molar-refractivity contribution in [3.8, 4) is 0 Å². The molecule has 248 valence electrons. The standard InChI is InChI=1S/C41H64N4/c1-7-8-9-10-11-12-13-14-15-16-17-18-20-24-34(4)44-41(31-38-27-23-28-39(42)29-38)36(6)43-32-35(5)45-40(33(2)3)30-37-25-21-19-22-26-37/h19,21-23,25-29,40-41,43-45H,2,4-18,20,24,30-32,42H2,1,3H3/t40-,41-/m0/s1. The Hall–Kier alpha value is -3.40. The first-order valence-corrected chi connectivity index (χ1v) is 17.6. The second-order valence-electron chi connectivity index (χ2n) is 13.0. The monoisotopic (exact) mass is 613 g/mol. The predicted molar refractivity (Wildman–Crippen MR) is 199 cm³/mol. The lowest BCUT2D eigenvalue weighted by molar-refractivity contribution is 0.531. The van der Waals surface area contributed by atoms with E-state index in [-0.39, 0.29) is 12.1 Å². The zero-order valence-corrected chi connectivity index (χ0v) is 28.8. The molecule has 2 atom stereocenters. The zero-order valence-electron chi connectivity index (χ0n) is 28.8. The molecule has 45 heavy (non-hydrogen) atoms. The van der Waals surface area contributed by atoms with Gasteiger partial charge in [0.25, 0.3) is 0 Å². The van der Waals surface area contributed by atoms with Crippen LogP contribution in [0.2, 0.25) is 0 Å². The predicted octanol–water partition coefficient (Wildman–Crippen LogP) is 10.2. The summed E-state index contributed by atoms with van der Waals surface area (Å²) in [5.41, 5.74) is 13.3. The van der Waals surface area contributed by atoms with Gasteiger partial charge in [0.2, 0.25) is 0 Å². The highest BCUT2D eigenvalue weighted by Gasteiger charge is 2.16. The summed E-state index contributed by atoms with van der Waals surface area (Å²) >= 11 is 0. The second-order valence-corrected chi connectivity index (χ2v) is 13.0. The lowest BCUT2D eigenvalue weighted by Crippen LogP contribution is -2.40. The highest BCUT2D eigenvalue weighted by atomic mass is 15.0. The number of nitrogens with one attached hydrogen (secondary N) is 3. The van der Waals surface area contributed by atoms with E-state index in [4.69, 9.17) is 5.73 Å². The first-order valence-electron chi connectivity index (χ1n) is 17.6. The van der Waals surface area contributed by atoms with E-state index in [1.807, 2.05) is 24.3 Å². The summed E-state index contributed by atoms with van der Waals surface area (Å²) in [7, 11) is 0. The Morgan fingerprint density at radius 1 is 0.644 bits per heavy atom. The van der Waals surface area contributed by atoms with E-state index >= 15 is 0 Å². The average molecular weight is 613 g/mol. The van der Waals surface area contributed by atoms with Crippen LogP contribution < -0.4 is 21.7 Å². The van der Waals surface area contributed by atoms with Gasteiger partial charge in [-0.2, -0.15) is 0 Å². The highest BCUT2D eigenvalue weighted by molar-refractivity contribution is 5.41. The molecule has 4 heteroatoms. The van der Waals surface area contributed by atoms with Gasteiger partial charge in [0, 0.05) is 22.8 Å². The Balaban J connectivity index is 1.77. The van der Waals surface area contributed by atoms with Crippen LogP contribution in [0.25, 0.3) is 0 Å². The van der Waals surface area contributed by atoms with Crippen LogP contribution in [0, 0.1) is 0 Å². The van der Waals surface area contributed by atoms with E-state index in [0.29, 0.717) is 6.54 Å². The maximum Gasteiger partial charge on any atom is 0.0690 e. The Kier molecular flexibility index (Phi) is 19.3. The number of nitrogens with two attached hydrogens (primary N) is 1. The van der Waals surface area contributed by atoms with Crippen LogP contribution in [0.4, 0.5) is 5.69 Å². The summed E-state index contributed by atoms with van der Waals surface area (Å²) in [6.07, 6.45) is 20.3. The molecule has 0 bridgehead atoms. The van der Waals surface area contributed by atoms with Crippen LogP contribution in [0.1, 0.15) is 115 Å². The molecule has 0 radical (unpaired) electrons. The molecule has 0 saturated heterocycles. The van der Waals surface area contributed by atoms with E-state index in [9.17, 15) is 0 Å². The summed E-state index contributed by atoms with van der Waals surface area (Å²) in [5.74, 6) is 0. The minimum atomic E-state index is -0.00433. The third-order valence-electron chi connectivity index (χ3n) is 8.56. The second kappa shape index (κ2) is 23.0. The number of allylic oxidation sites excluding steroid dienone is 1. The molecule has 2 aromatic carbocycles. The van der Waals surface area contributed by atoms with Crippen molar-refractivity contribution in [2.24, 2.45) is 0 Å². The molecule has 0 heterocycles. The number of hydrogen-bond acceptors (Lipinski definition) is 4. The summed E-state index contributed by atoms with van der Waals surface area (Å²) in [5, 5.41) is 10.8. The van der Waals surface area contributed by atoms with Crippen molar-refractivity contribution in [1.82, 2.24) is 16.0 Å². The smallest absolute Gasteiger partial charge is 0.0690 e. The van der Waals surface area contributed by atoms with Crippen LogP contribution in [-0.4, -0.2) is 18.6 Å². The van der Waals surface area contributed by atoms with Gasteiger partial charge in [-0.25, -0.2) is 0 Å². The molecule has 5 N–H and O–H groups in total. The van der Waals surface area contributed by atoms with Crippen LogP contribution in [0.15, 0.2) is 104 Å². The SMILES string of the molecule is C=C(CNC(=C)[C@H](Cc1cccc(N)c1)NC(=C)CCCCCCCCCCCCCCC)N[C@@H](Cc1ccccc1)C(=C)C. The van der Waals surface area contributed by atoms with Crippen molar-refractivity contribution >= 4 is 5.69 Å². The Morgan fingerprint density at radius 3 is 1.76 bits per heavy atom. The lowest BCUT2D eigenvalue weighted by Gasteiger charge is -2.27. The quantitative estimate of drug-likeness (QED) is 0.0461. The molecular formula is C41H64N4. The molecule has 0 aliphatic carbocycles. The molecule has 0 aliphatic heterocycles. The van der Waals surface area contributed by atoms with Gasteiger partial charge < -0.3 is 21.7 Å². The zero-order chi connectivity index (χ0) is 32.7. The van der Waals surface area contributed by atoms with Crippen molar-refractivity contribution in [3.05, 3.63) is 115 Å².